The van der Waals surface area contributed by atoms with E-state index in [-0.39, 0.29) is 11.5 Å². The molecule has 0 fully saturated rings. The minimum atomic E-state index is 0.223. The number of nitrogens with two attached hydrogens (primary N) is 1. The molecule has 0 saturated carbocycles. The minimum absolute atomic E-state index is 0.223. The zero-order valence-corrected chi connectivity index (χ0v) is 10.7. The highest BCUT2D eigenvalue weighted by Gasteiger charge is 2.30. The van der Waals surface area contributed by atoms with E-state index in [4.69, 9.17) is 10.7 Å². The van der Waals surface area contributed by atoms with Crippen molar-refractivity contribution in [3.8, 4) is 0 Å². The summed E-state index contributed by atoms with van der Waals surface area (Å²) in [5, 5.41) is 1.23. The normalized spacial score (nSPS) is 21.1. The zero-order valence-electron chi connectivity index (χ0n) is 9.84. The van der Waals surface area contributed by atoms with E-state index in [1.807, 2.05) is 18.3 Å². The summed E-state index contributed by atoms with van der Waals surface area (Å²) in [6, 6.07) is 0.223. The van der Waals surface area contributed by atoms with Gasteiger partial charge >= 0.3 is 0 Å². The van der Waals surface area contributed by atoms with Crippen LogP contribution >= 0.6 is 11.3 Å². The van der Waals surface area contributed by atoms with Gasteiger partial charge in [-0.2, -0.15) is 0 Å². The zero-order chi connectivity index (χ0) is 11.1. The molecule has 1 aliphatic rings. The highest BCUT2D eigenvalue weighted by Crippen LogP contribution is 2.38. The van der Waals surface area contributed by atoms with Gasteiger partial charge in [-0.1, -0.05) is 13.8 Å². The van der Waals surface area contributed by atoms with Crippen LogP contribution in [0.1, 0.15) is 49.2 Å². The summed E-state index contributed by atoms with van der Waals surface area (Å²) in [6.07, 6.45) is 4.71. The van der Waals surface area contributed by atoms with E-state index in [9.17, 15) is 0 Å². The van der Waals surface area contributed by atoms with E-state index < -0.39 is 0 Å². The highest BCUT2D eigenvalue weighted by atomic mass is 32.1. The van der Waals surface area contributed by atoms with Crippen LogP contribution in [0.2, 0.25) is 0 Å². The van der Waals surface area contributed by atoms with Crippen LogP contribution in [-0.2, 0) is 18.3 Å². The van der Waals surface area contributed by atoms with Gasteiger partial charge in [-0.15, -0.1) is 11.3 Å². The van der Waals surface area contributed by atoms with E-state index in [0.717, 1.165) is 6.42 Å². The maximum Gasteiger partial charge on any atom is 0.0946 e. The Kier molecular flexibility index (Phi) is 2.86. The third-order valence-electron chi connectivity index (χ3n) is 3.08. The van der Waals surface area contributed by atoms with Crippen molar-refractivity contribution in [2.24, 2.45) is 5.73 Å². The van der Waals surface area contributed by atoms with Gasteiger partial charge in [0.05, 0.1) is 10.7 Å². The molecule has 1 aliphatic carbocycles. The number of hydrogen-bond acceptors (Lipinski definition) is 3. The molecule has 0 bridgehead atoms. The Hall–Kier alpha value is -0.410. The second-order valence-electron chi connectivity index (χ2n) is 5.30. The number of aryl methyl sites for hydroxylation is 1. The number of aromatic nitrogens is 1. The molecule has 0 aliphatic heterocycles. The Bertz CT molecular complexity index is 353. The minimum Gasteiger partial charge on any atom is -0.328 e. The molecule has 0 radical (unpaired) electrons. The van der Waals surface area contributed by atoms with Crippen LogP contribution in [0.25, 0.3) is 0 Å². The Labute approximate surface area is 95.9 Å². The largest absolute Gasteiger partial charge is 0.328 e. The SMILES string of the molecule is CC(N)Cc1nc2c(s1)CCCC2(C)C. The van der Waals surface area contributed by atoms with Crippen LogP contribution in [0.15, 0.2) is 0 Å². The van der Waals surface area contributed by atoms with Crippen molar-refractivity contribution in [3.63, 3.8) is 0 Å². The summed E-state index contributed by atoms with van der Waals surface area (Å²) in [5.74, 6) is 0. The molecule has 0 amide bonds. The van der Waals surface area contributed by atoms with Gasteiger partial charge in [0.25, 0.3) is 0 Å². The van der Waals surface area contributed by atoms with Crippen molar-refractivity contribution in [2.45, 2.75) is 57.9 Å². The molecule has 2 nitrogen and oxygen atoms in total. The molecule has 3 heteroatoms. The monoisotopic (exact) mass is 224 g/mol. The first kappa shape index (κ1) is 11.1. The molecule has 1 atom stereocenters. The number of fused-ring (bicyclic) bond motifs is 1. The molecular weight excluding hydrogens is 204 g/mol. The number of rotatable bonds is 2. The van der Waals surface area contributed by atoms with E-state index in [2.05, 4.69) is 13.8 Å². The third-order valence-corrected chi connectivity index (χ3v) is 4.22. The Morgan fingerprint density at radius 3 is 2.87 bits per heavy atom. The summed E-state index contributed by atoms with van der Waals surface area (Å²) in [7, 11) is 0. The van der Waals surface area contributed by atoms with Crippen molar-refractivity contribution in [1.82, 2.24) is 4.98 Å². The van der Waals surface area contributed by atoms with Gasteiger partial charge < -0.3 is 5.73 Å². The number of thiazole rings is 1. The Balaban J connectivity index is 2.30. The van der Waals surface area contributed by atoms with E-state index in [1.54, 1.807) is 0 Å². The molecule has 84 valence electrons. The van der Waals surface area contributed by atoms with Gasteiger partial charge in [-0.05, 0) is 26.2 Å². The predicted octanol–water partition coefficient (Wildman–Crippen LogP) is 2.65. The van der Waals surface area contributed by atoms with Crippen molar-refractivity contribution < 1.29 is 0 Å². The van der Waals surface area contributed by atoms with Gasteiger partial charge in [0.2, 0.25) is 0 Å². The van der Waals surface area contributed by atoms with Crippen molar-refractivity contribution in [3.05, 3.63) is 15.6 Å². The van der Waals surface area contributed by atoms with Crippen molar-refractivity contribution in [2.75, 3.05) is 0 Å². The molecule has 1 aromatic rings. The van der Waals surface area contributed by atoms with Gasteiger partial charge in [-0.25, -0.2) is 4.98 Å². The summed E-state index contributed by atoms with van der Waals surface area (Å²) in [5.41, 5.74) is 7.44. The van der Waals surface area contributed by atoms with E-state index in [0.29, 0.717) is 0 Å². The second kappa shape index (κ2) is 3.87. The maximum atomic E-state index is 5.82. The van der Waals surface area contributed by atoms with Gasteiger partial charge in [-0.3, -0.25) is 0 Å². The van der Waals surface area contributed by atoms with Crippen LogP contribution in [0, 0.1) is 0 Å². The van der Waals surface area contributed by atoms with Crippen LogP contribution in [0.4, 0.5) is 0 Å². The average molecular weight is 224 g/mol. The molecule has 15 heavy (non-hydrogen) atoms. The lowest BCUT2D eigenvalue weighted by atomic mass is 9.79. The average Bonchev–Trinajstić information content (AvgIpc) is 2.46. The van der Waals surface area contributed by atoms with E-state index in [1.165, 1.54) is 34.8 Å². The Morgan fingerprint density at radius 1 is 1.53 bits per heavy atom. The summed E-state index contributed by atoms with van der Waals surface area (Å²) >= 11 is 1.87. The fourth-order valence-corrected chi connectivity index (χ4v) is 3.70. The molecular formula is C12H20N2S. The van der Waals surface area contributed by atoms with Gasteiger partial charge in [0.1, 0.15) is 0 Å². The van der Waals surface area contributed by atoms with E-state index >= 15 is 0 Å². The standard InChI is InChI=1S/C12H20N2S/c1-8(13)7-10-14-11-9(15-10)5-4-6-12(11,2)3/h8H,4-7,13H2,1-3H3. The predicted molar refractivity (Wildman–Crippen MR) is 65.4 cm³/mol. The smallest absolute Gasteiger partial charge is 0.0946 e. The molecule has 1 unspecified atom stereocenters. The second-order valence-corrected chi connectivity index (χ2v) is 6.47. The topological polar surface area (TPSA) is 38.9 Å². The molecule has 0 saturated heterocycles. The van der Waals surface area contributed by atoms with Crippen LogP contribution in [0.5, 0.6) is 0 Å². The maximum absolute atomic E-state index is 5.82. The van der Waals surface area contributed by atoms with Crippen LogP contribution < -0.4 is 5.73 Å². The summed E-state index contributed by atoms with van der Waals surface area (Å²) in [6.45, 7) is 6.66. The number of hydrogen-bond donors (Lipinski definition) is 1. The molecule has 1 heterocycles. The summed E-state index contributed by atoms with van der Waals surface area (Å²) < 4.78 is 0. The Morgan fingerprint density at radius 2 is 2.27 bits per heavy atom. The van der Waals surface area contributed by atoms with Gasteiger partial charge in [0, 0.05) is 22.8 Å². The summed E-state index contributed by atoms with van der Waals surface area (Å²) in [4.78, 5) is 6.28. The molecule has 2 rings (SSSR count). The van der Waals surface area contributed by atoms with Crippen LogP contribution in [0.3, 0.4) is 0 Å². The third kappa shape index (κ3) is 2.23. The first-order valence-corrected chi connectivity index (χ1v) is 6.55. The molecule has 0 aromatic carbocycles. The van der Waals surface area contributed by atoms with Crippen molar-refractivity contribution in [1.29, 1.82) is 0 Å². The fourth-order valence-electron chi connectivity index (χ4n) is 2.27. The first-order valence-electron chi connectivity index (χ1n) is 5.74. The number of nitrogens with zero attached hydrogens (tertiary/aromatic N) is 1. The quantitative estimate of drug-likeness (QED) is 0.838. The molecule has 0 spiro atoms. The van der Waals surface area contributed by atoms with Gasteiger partial charge in [0.15, 0.2) is 0 Å². The first-order chi connectivity index (χ1) is 6.99. The molecule has 2 N–H and O–H groups in total. The lowest BCUT2D eigenvalue weighted by Crippen LogP contribution is -2.23. The molecule has 1 aromatic heterocycles. The van der Waals surface area contributed by atoms with Crippen molar-refractivity contribution >= 4 is 11.3 Å². The lowest BCUT2D eigenvalue weighted by molar-refractivity contribution is 0.423. The fraction of sp³-hybridized carbons (Fsp3) is 0.750. The van der Waals surface area contributed by atoms with Crippen LogP contribution in [-0.4, -0.2) is 11.0 Å². The lowest BCUT2D eigenvalue weighted by Gasteiger charge is -2.28. The highest BCUT2D eigenvalue weighted by molar-refractivity contribution is 7.11.